The quantitative estimate of drug-likeness (QED) is 0.900. The van der Waals surface area contributed by atoms with E-state index in [1.54, 1.807) is 11.3 Å². The highest BCUT2D eigenvalue weighted by atomic mass is 35.5. The molecule has 1 aromatic rings. The number of rotatable bonds is 4. The molecule has 3 nitrogen and oxygen atoms in total. The summed E-state index contributed by atoms with van der Waals surface area (Å²) in [6.45, 7) is 3.27. The lowest BCUT2D eigenvalue weighted by molar-refractivity contribution is 0.140. The third-order valence-electron chi connectivity index (χ3n) is 3.07. The Kier molecular flexibility index (Phi) is 4.58. The van der Waals surface area contributed by atoms with Crippen LogP contribution in [0.1, 0.15) is 24.1 Å². The lowest BCUT2D eigenvalue weighted by atomic mass is 10.0. The third-order valence-corrected chi connectivity index (χ3v) is 4.17. The second kappa shape index (κ2) is 5.96. The van der Waals surface area contributed by atoms with Crippen LogP contribution in [-0.2, 0) is 6.54 Å². The van der Waals surface area contributed by atoms with Gasteiger partial charge < -0.3 is 5.32 Å². The minimum atomic E-state index is 0.650. The van der Waals surface area contributed by atoms with E-state index >= 15 is 0 Å². The van der Waals surface area contributed by atoms with Gasteiger partial charge >= 0.3 is 0 Å². The van der Waals surface area contributed by atoms with Gasteiger partial charge in [-0.1, -0.05) is 18.0 Å². The van der Waals surface area contributed by atoms with Crippen LogP contribution in [0.25, 0.3) is 0 Å². The molecule has 16 heavy (non-hydrogen) atoms. The lowest BCUT2D eigenvalue weighted by Crippen LogP contribution is -2.44. The first-order valence-electron chi connectivity index (χ1n) is 5.78. The SMILES string of the molecule is CNCC1CCCCN1Cc1cnc(Cl)s1. The maximum Gasteiger partial charge on any atom is 0.183 e. The number of nitrogens with one attached hydrogen (secondary N) is 1. The Balaban J connectivity index is 1.95. The second-order valence-electron chi connectivity index (χ2n) is 4.26. The van der Waals surface area contributed by atoms with Gasteiger partial charge in [0.1, 0.15) is 0 Å². The molecule has 0 aromatic carbocycles. The predicted octanol–water partition coefficient (Wildman–Crippen LogP) is 2.37. The molecule has 1 aliphatic heterocycles. The van der Waals surface area contributed by atoms with Crippen molar-refractivity contribution >= 4 is 22.9 Å². The Bertz CT molecular complexity index is 327. The Morgan fingerprint density at radius 3 is 3.19 bits per heavy atom. The maximum atomic E-state index is 5.85. The van der Waals surface area contributed by atoms with Crippen LogP contribution in [0.5, 0.6) is 0 Å². The molecule has 1 fully saturated rings. The molecule has 2 heterocycles. The highest BCUT2D eigenvalue weighted by molar-refractivity contribution is 7.15. The molecule has 0 radical (unpaired) electrons. The molecule has 0 aliphatic carbocycles. The predicted molar refractivity (Wildman–Crippen MR) is 69.1 cm³/mol. The van der Waals surface area contributed by atoms with E-state index in [4.69, 9.17) is 11.6 Å². The van der Waals surface area contributed by atoms with E-state index in [1.165, 1.54) is 30.7 Å². The summed E-state index contributed by atoms with van der Waals surface area (Å²) in [4.78, 5) is 7.91. The Morgan fingerprint density at radius 2 is 2.50 bits per heavy atom. The van der Waals surface area contributed by atoms with Gasteiger partial charge in [0.15, 0.2) is 4.47 Å². The van der Waals surface area contributed by atoms with E-state index in [-0.39, 0.29) is 0 Å². The number of likely N-dealkylation sites (N-methyl/N-ethyl adjacent to an activating group) is 1. The van der Waals surface area contributed by atoms with Crippen molar-refractivity contribution in [3.63, 3.8) is 0 Å². The van der Waals surface area contributed by atoms with E-state index in [0.29, 0.717) is 10.5 Å². The number of nitrogens with zero attached hydrogens (tertiary/aromatic N) is 2. The fourth-order valence-electron chi connectivity index (χ4n) is 2.29. The van der Waals surface area contributed by atoms with E-state index < -0.39 is 0 Å². The molecule has 1 atom stereocenters. The highest BCUT2D eigenvalue weighted by Crippen LogP contribution is 2.23. The van der Waals surface area contributed by atoms with E-state index in [9.17, 15) is 0 Å². The summed E-state index contributed by atoms with van der Waals surface area (Å²) in [5.74, 6) is 0. The van der Waals surface area contributed by atoms with Crippen LogP contribution in [0.15, 0.2) is 6.20 Å². The van der Waals surface area contributed by atoms with E-state index in [1.807, 2.05) is 13.2 Å². The lowest BCUT2D eigenvalue weighted by Gasteiger charge is -2.35. The van der Waals surface area contributed by atoms with Gasteiger partial charge in [-0.25, -0.2) is 4.98 Å². The minimum absolute atomic E-state index is 0.650. The van der Waals surface area contributed by atoms with Crippen molar-refractivity contribution in [1.29, 1.82) is 0 Å². The summed E-state index contributed by atoms with van der Waals surface area (Å²) in [6.07, 6.45) is 5.87. The molecular weight excluding hydrogens is 242 g/mol. The fourth-order valence-corrected chi connectivity index (χ4v) is 3.30. The summed E-state index contributed by atoms with van der Waals surface area (Å²) in [7, 11) is 2.02. The molecule has 1 unspecified atom stereocenters. The number of likely N-dealkylation sites (tertiary alicyclic amines) is 1. The number of hydrogen-bond acceptors (Lipinski definition) is 4. The van der Waals surface area contributed by atoms with Crippen LogP contribution in [-0.4, -0.2) is 36.1 Å². The van der Waals surface area contributed by atoms with Crippen LogP contribution >= 0.6 is 22.9 Å². The monoisotopic (exact) mass is 259 g/mol. The Labute approximate surface area is 106 Å². The topological polar surface area (TPSA) is 28.2 Å². The summed E-state index contributed by atoms with van der Waals surface area (Å²) >= 11 is 7.45. The van der Waals surface area contributed by atoms with Gasteiger partial charge in [0.25, 0.3) is 0 Å². The average Bonchev–Trinajstić information content (AvgIpc) is 2.67. The Hall–Kier alpha value is -0.160. The standard InChI is InChI=1S/C11H18ClN3S/c1-13-6-9-4-2-3-5-15(9)8-10-7-14-11(12)16-10/h7,9,13H,2-6,8H2,1H3. The first-order valence-corrected chi connectivity index (χ1v) is 6.98. The molecule has 0 saturated carbocycles. The fraction of sp³-hybridized carbons (Fsp3) is 0.727. The third kappa shape index (κ3) is 3.17. The molecule has 0 amide bonds. The second-order valence-corrected chi connectivity index (χ2v) is 5.95. The number of aromatic nitrogens is 1. The van der Waals surface area contributed by atoms with Crippen molar-refractivity contribution < 1.29 is 0 Å². The van der Waals surface area contributed by atoms with Crippen molar-refractivity contribution in [2.24, 2.45) is 0 Å². The molecule has 0 bridgehead atoms. The number of hydrogen-bond donors (Lipinski definition) is 1. The van der Waals surface area contributed by atoms with Gasteiger partial charge in [0.05, 0.1) is 0 Å². The maximum absolute atomic E-state index is 5.85. The summed E-state index contributed by atoms with van der Waals surface area (Å²) in [5.41, 5.74) is 0. The van der Waals surface area contributed by atoms with Gasteiger partial charge in [0, 0.05) is 30.2 Å². The molecule has 1 saturated heterocycles. The van der Waals surface area contributed by atoms with Crippen LogP contribution in [0, 0.1) is 0 Å². The molecule has 0 spiro atoms. The molecule has 2 rings (SSSR count). The molecular formula is C11H18ClN3S. The zero-order chi connectivity index (χ0) is 11.4. The van der Waals surface area contributed by atoms with Gasteiger partial charge in [0.2, 0.25) is 0 Å². The molecule has 1 aliphatic rings. The highest BCUT2D eigenvalue weighted by Gasteiger charge is 2.22. The van der Waals surface area contributed by atoms with Crippen molar-refractivity contribution in [2.75, 3.05) is 20.1 Å². The largest absolute Gasteiger partial charge is 0.318 e. The minimum Gasteiger partial charge on any atom is -0.318 e. The Morgan fingerprint density at radius 1 is 1.62 bits per heavy atom. The van der Waals surface area contributed by atoms with Gasteiger partial charge in [-0.15, -0.1) is 11.3 Å². The molecule has 1 aromatic heterocycles. The zero-order valence-electron chi connectivity index (χ0n) is 9.58. The first kappa shape index (κ1) is 12.3. The van der Waals surface area contributed by atoms with Gasteiger partial charge in [-0.05, 0) is 26.4 Å². The van der Waals surface area contributed by atoms with Gasteiger partial charge in [-0.3, -0.25) is 4.90 Å². The summed E-state index contributed by atoms with van der Waals surface area (Å²) < 4.78 is 0.650. The summed E-state index contributed by atoms with van der Waals surface area (Å²) in [6, 6.07) is 0.666. The molecule has 90 valence electrons. The van der Waals surface area contributed by atoms with Crippen LogP contribution < -0.4 is 5.32 Å². The summed E-state index contributed by atoms with van der Waals surface area (Å²) in [5, 5.41) is 3.28. The van der Waals surface area contributed by atoms with Crippen molar-refractivity contribution in [3.8, 4) is 0 Å². The molecule has 5 heteroatoms. The zero-order valence-corrected chi connectivity index (χ0v) is 11.2. The average molecular weight is 260 g/mol. The smallest absolute Gasteiger partial charge is 0.183 e. The van der Waals surface area contributed by atoms with Gasteiger partial charge in [-0.2, -0.15) is 0 Å². The number of thiazole rings is 1. The molecule has 1 N–H and O–H groups in total. The van der Waals surface area contributed by atoms with Crippen molar-refractivity contribution in [1.82, 2.24) is 15.2 Å². The van der Waals surface area contributed by atoms with Crippen LogP contribution in [0.4, 0.5) is 0 Å². The van der Waals surface area contributed by atoms with E-state index in [2.05, 4.69) is 15.2 Å². The first-order chi connectivity index (χ1) is 7.79. The normalized spacial score (nSPS) is 22.5. The van der Waals surface area contributed by atoms with Crippen molar-refractivity contribution in [3.05, 3.63) is 15.5 Å². The van der Waals surface area contributed by atoms with Crippen LogP contribution in [0.2, 0.25) is 4.47 Å². The van der Waals surface area contributed by atoms with Crippen LogP contribution in [0.3, 0.4) is 0 Å². The van der Waals surface area contributed by atoms with Crippen molar-refractivity contribution in [2.45, 2.75) is 31.8 Å². The van der Waals surface area contributed by atoms with E-state index in [0.717, 1.165) is 13.1 Å². The number of halogens is 1. The number of piperidine rings is 1.